The van der Waals surface area contributed by atoms with E-state index in [-0.39, 0.29) is 11.4 Å². The van der Waals surface area contributed by atoms with E-state index >= 15 is 0 Å². The Morgan fingerprint density at radius 2 is 2.00 bits per heavy atom. The fraction of sp³-hybridized carbons (Fsp3) is 0.333. The highest BCUT2D eigenvalue weighted by molar-refractivity contribution is 5.93. The lowest BCUT2D eigenvalue weighted by Gasteiger charge is -2.21. The van der Waals surface area contributed by atoms with Crippen molar-refractivity contribution in [2.24, 2.45) is 0 Å². The van der Waals surface area contributed by atoms with Gasteiger partial charge in [-0.15, -0.1) is 0 Å². The van der Waals surface area contributed by atoms with Gasteiger partial charge in [-0.05, 0) is 26.0 Å². The molecule has 7 heteroatoms. The molecule has 19 heavy (non-hydrogen) atoms. The van der Waals surface area contributed by atoms with Gasteiger partial charge >= 0.3 is 12.0 Å². The van der Waals surface area contributed by atoms with E-state index in [0.717, 1.165) is 6.07 Å². The predicted molar refractivity (Wildman–Crippen MR) is 66.8 cm³/mol. The number of hydrogen-bond donors (Lipinski definition) is 3. The van der Waals surface area contributed by atoms with E-state index in [0.29, 0.717) is 0 Å². The van der Waals surface area contributed by atoms with E-state index in [4.69, 9.17) is 9.84 Å². The molecule has 6 nitrogen and oxygen atoms in total. The minimum atomic E-state index is -1.41. The summed E-state index contributed by atoms with van der Waals surface area (Å²) in [6.45, 7) is 2.69. The van der Waals surface area contributed by atoms with E-state index in [1.807, 2.05) is 0 Å². The summed E-state index contributed by atoms with van der Waals surface area (Å²) in [5.74, 6) is -1.74. The number of urea groups is 1. The molecule has 0 aliphatic heterocycles. The molecular formula is C12H15FN2O4. The SMILES string of the molecule is COc1cc(NC(=O)NC(C)(C)C(=O)O)ccc1F. The first-order valence-corrected chi connectivity index (χ1v) is 5.42. The minimum absolute atomic E-state index is 0.0182. The fourth-order valence-electron chi connectivity index (χ4n) is 1.24. The highest BCUT2D eigenvalue weighted by Gasteiger charge is 2.28. The smallest absolute Gasteiger partial charge is 0.328 e. The molecule has 0 fully saturated rings. The van der Waals surface area contributed by atoms with E-state index in [2.05, 4.69) is 10.6 Å². The first kappa shape index (κ1) is 14.7. The fourth-order valence-corrected chi connectivity index (χ4v) is 1.24. The molecule has 0 atom stereocenters. The van der Waals surface area contributed by atoms with E-state index in [1.54, 1.807) is 0 Å². The number of aliphatic carboxylic acids is 1. The first-order valence-electron chi connectivity index (χ1n) is 5.42. The average Bonchev–Trinajstić information content (AvgIpc) is 2.30. The van der Waals surface area contributed by atoms with Crippen LogP contribution in [0, 0.1) is 5.82 Å². The highest BCUT2D eigenvalue weighted by atomic mass is 19.1. The molecule has 0 heterocycles. The third-order valence-corrected chi connectivity index (χ3v) is 2.37. The number of ether oxygens (including phenoxy) is 1. The van der Waals surface area contributed by atoms with Crippen LogP contribution in [0.4, 0.5) is 14.9 Å². The molecule has 0 spiro atoms. The monoisotopic (exact) mass is 270 g/mol. The Morgan fingerprint density at radius 3 is 2.53 bits per heavy atom. The van der Waals surface area contributed by atoms with Crippen molar-refractivity contribution >= 4 is 17.7 Å². The largest absolute Gasteiger partial charge is 0.494 e. The summed E-state index contributed by atoms with van der Waals surface area (Å²) in [6.07, 6.45) is 0. The summed E-state index contributed by atoms with van der Waals surface area (Å²) >= 11 is 0. The average molecular weight is 270 g/mol. The quantitative estimate of drug-likeness (QED) is 0.778. The van der Waals surface area contributed by atoms with Gasteiger partial charge in [0.2, 0.25) is 0 Å². The molecule has 0 aromatic heterocycles. The Hall–Kier alpha value is -2.31. The van der Waals surface area contributed by atoms with Gasteiger partial charge in [0, 0.05) is 11.8 Å². The van der Waals surface area contributed by atoms with Crippen LogP contribution in [0.25, 0.3) is 0 Å². The predicted octanol–water partition coefficient (Wildman–Crippen LogP) is 1.82. The van der Waals surface area contributed by atoms with Crippen LogP contribution in [0.2, 0.25) is 0 Å². The molecule has 0 aliphatic carbocycles. The summed E-state index contributed by atoms with van der Waals surface area (Å²) in [5, 5.41) is 13.5. The number of carbonyl (C=O) groups excluding carboxylic acids is 1. The van der Waals surface area contributed by atoms with Gasteiger partial charge in [-0.2, -0.15) is 0 Å². The number of benzene rings is 1. The molecule has 0 unspecified atom stereocenters. The van der Waals surface area contributed by atoms with Crippen LogP contribution in [0.15, 0.2) is 18.2 Å². The van der Waals surface area contributed by atoms with Crippen molar-refractivity contribution in [3.8, 4) is 5.75 Å². The molecule has 2 amide bonds. The van der Waals surface area contributed by atoms with Gasteiger partial charge in [0.15, 0.2) is 11.6 Å². The third-order valence-electron chi connectivity index (χ3n) is 2.37. The number of anilines is 1. The van der Waals surface area contributed by atoms with Crippen molar-refractivity contribution in [2.45, 2.75) is 19.4 Å². The van der Waals surface area contributed by atoms with Crippen molar-refractivity contribution in [3.05, 3.63) is 24.0 Å². The van der Waals surface area contributed by atoms with E-state index in [9.17, 15) is 14.0 Å². The van der Waals surface area contributed by atoms with E-state index < -0.39 is 23.4 Å². The maximum Gasteiger partial charge on any atom is 0.328 e. The van der Waals surface area contributed by atoms with Crippen LogP contribution in [0.5, 0.6) is 5.75 Å². The Bertz CT molecular complexity index is 503. The number of amides is 2. The number of carbonyl (C=O) groups is 2. The molecule has 0 aliphatic rings. The van der Waals surface area contributed by atoms with E-state index in [1.165, 1.54) is 33.1 Å². The molecule has 0 saturated carbocycles. The van der Waals surface area contributed by atoms with Crippen LogP contribution in [0.3, 0.4) is 0 Å². The zero-order valence-corrected chi connectivity index (χ0v) is 10.8. The number of methoxy groups -OCH3 is 1. The van der Waals surface area contributed by atoms with Gasteiger partial charge in [0.1, 0.15) is 5.54 Å². The van der Waals surface area contributed by atoms with Gasteiger partial charge in [-0.25, -0.2) is 14.0 Å². The Morgan fingerprint density at radius 1 is 1.37 bits per heavy atom. The van der Waals surface area contributed by atoms with Crippen LogP contribution in [-0.2, 0) is 4.79 Å². The van der Waals surface area contributed by atoms with Crippen molar-refractivity contribution in [2.75, 3.05) is 12.4 Å². The molecule has 3 N–H and O–H groups in total. The molecule has 1 aromatic carbocycles. The zero-order valence-electron chi connectivity index (χ0n) is 10.8. The van der Waals surface area contributed by atoms with Crippen molar-refractivity contribution < 1.29 is 23.8 Å². The molecular weight excluding hydrogens is 255 g/mol. The number of carboxylic acid groups (broad SMARTS) is 1. The molecule has 0 radical (unpaired) electrons. The summed E-state index contributed by atoms with van der Waals surface area (Å²) in [7, 11) is 1.30. The number of halogens is 1. The first-order chi connectivity index (χ1) is 8.76. The van der Waals surface area contributed by atoms with Crippen molar-refractivity contribution in [1.29, 1.82) is 0 Å². The number of rotatable bonds is 4. The Balaban J connectivity index is 2.75. The highest BCUT2D eigenvalue weighted by Crippen LogP contribution is 2.21. The van der Waals surface area contributed by atoms with Gasteiger partial charge in [-0.1, -0.05) is 0 Å². The van der Waals surface area contributed by atoms with Crippen LogP contribution in [-0.4, -0.2) is 29.8 Å². The van der Waals surface area contributed by atoms with Crippen molar-refractivity contribution in [3.63, 3.8) is 0 Å². The molecule has 1 rings (SSSR count). The number of hydrogen-bond acceptors (Lipinski definition) is 3. The van der Waals surface area contributed by atoms with Crippen LogP contribution >= 0.6 is 0 Å². The molecule has 1 aromatic rings. The molecule has 0 saturated heterocycles. The summed E-state index contributed by atoms with van der Waals surface area (Å²) in [4.78, 5) is 22.4. The zero-order chi connectivity index (χ0) is 14.6. The second kappa shape index (κ2) is 5.55. The Kier molecular flexibility index (Phi) is 4.31. The maximum absolute atomic E-state index is 13.2. The lowest BCUT2D eigenvalue weighted by Crippen LogP contribution is -2.51. The van der Waals surface area contributed by atoms with Crippen LogP contribution < -0.4 is 15.4 Å². The summed E-state index contributed by atoms with van der Waals surface area (Å²) < 4.78 is 17.9. The second-order valence-electron chi connectivity index (χ2n) is 4.36. The number of carboxylic acids is 1. The topological polar surface area (TPSA) is 87.7 Å². The van der Waals surface area contributed by atoms with Gasteiger partial charge in [0.05, 0.1) is 7.11 Å². The Labute approximate surface area is 109 Å². The van der Waals surface area contributed by atoms with Crippen molar-refractivity contribution in [1.82, 2.24) is 5.32 Å². The minimum Gasteiger partial charge on any atom is -0.494 e. The second-order valence-corrected chi connectivity index (χ2v) is 4.36. The lowest BCUT2D eigenvalue weighted by atomic mass is 10.1. The summed E-state index contributed by atoms with van der Waals surface area (Å²) in [6, 6.07) is 3.06. The standard InChI is InChI=1S/C12H15FN2O4/c1-12(2,10(16)17)15-11(18)14-7-4-5-8(13)9(6-7)19-3/h4-6H,1-3H3,(H,16,17)(H2,14,15,18). The molecule has 104 valence electrons. The maximum atomic E-state index is 13.2. The lowest BCUT2D eigenvalue weighted by molar-refractivity contribution is -0.142. The number of nitrogens with one attached hydrogen (secondary N) is 2. The third kappa shape index (κ3) is 3.84. The van der Waals surface area contributed by atoms with Gasteiger partial charge in [-0.3, -0.25) is 0 Å². The van der Waals surface area contributed by atoms with Gasteiger partial charge in [0.25, 0.3) is 0 Å². The summed E-state index contributed by atoms with van der Waals surface area (Å²) in [5.41, 5.74) is -1.12. The normalized spacial score (nSPS) is 10.7. The molecule has 0 bridgehead atoms. The van der Waals surface area contributed by atoms with Gasteiger partial charge < -0.3 is 20.5 Å². The van der Waals surface area contributed by atoms with Crippen LogP contribution in [0.1, 0.15) is 13.8 Å².